The van der Waals surface area contributed by atoms with Crippen molar-refractivity contribution in [1.29, 1.82) is 0 Å². The van der Waals surface area contributed by atoms with Crippen LogP contribution in [-0.4, -0.2) is 21.9 Å². The second kappa shape index (κ2) is 4.22. The highest BCUT2D eigenvalue weighted by Gasteiger charge is 2.32. The Kier molecular flexibility index (Phi) is 3.91. The molecule has 0 fully saturated rings. The lowest BCUT2D eigenvalue weighted by molar-refractivity contribution is -0.144. The third-order valence-corrected chi connectivity index (χ3v) is 1.47. The SMILES string of the molecule is CCC[C@@](N)(NC(N)=S)C(=O)O. The maximum atomic E-state index is 10.6. The van der Waals surface area contributed by atoms with Gasteiger partial charge in [0.05, 0.1) is 0 Å². The molecule has 12 heavy (non-hydrogen) atoms. The van der Waals surface area contributed by atoms with Gasteiger partial charge in [-0.1, -0.05) is 13.3 Å². The molecule has 0 heterocycles. The fourth-order valence-corrected chi connectivity index (χ4v) is 1.02. The zero-order valence-electron chi connectivity index (χ0n) is 6.83. The molecule has 0 unspecified atom stereocenters. The minimum atomic E-state index is -1.53. The van der Waals surface area contributed by atoms with E-state index in [9.17, 15) is 4.79 Å². The van der Waals surface area contributed by atoms with E-state index in [0.29, 0.717) is 6.42 Å². The van der Waals surface area contributed by atoms with Gasteiger partial charge in [0.15, 0.2) is 10.8 Å². The van der Waals surface area contributed by atoms with Crippen LogP contribution in [0.15, 0.2) is 0 Å². The molecule has 0 amide bonds. The predicted molar refractivity (Wildman–Crippen MR) is 49.4 cm³/mol. The Bertz CT molecular complexity index is 197. The summed E-state index contributed by atoms with van der Waals surface area (Å²) in [6.07, 6.45) is 0.915. The van der Waals surface area contributed by atoms with Crippen LogP contribution in [0.4, 0.5) is 0 Å². The summed E-state index contributed by atoms with van der Waals surface area (Å²) >= 11 is 4.50. The third kappa shape index (κ3) is 3.02. The van der Waals surface area contributed by atoms with Crippen LogP contribution in [0.1, 0.15) is 19.8 Å². The highest BCUT2D eigenvalue weighted by molar-refractivity contribution is 7.80. The maximum Gasteiger partial charge on any atom is 0.344 e. The van der Waals surface area contributed by atoms with E-state index in [1.165, 1.54) is 0 Å². The summed E-state index contributed by atoms with van der Waals surface area (Å²) < 4.78 is 0. The Balaban J connectivity index is 4.38. The van der Waals surface area contributed by atoms with Crippen LogP contribution >= 0.6 is 12.2 Å². The molecule has 0 spiro atoms. The Morgan fingerprint density at radius 2 is 2.25 bits per heavy atom. The molecule has 0 aromatic rings. The third-order valence-electron chi connectivity index (χ3n) is 1.37. The summed E-state index contributed by atoms with van der Waals surface area (Å²) in [5.74, 6) is -1.16. The lowest BCUT2D eigenvalue weighted by atomic mass is 10.1. The second-order valence-corrected chi connectivity index (χ2v) is 2.96. The number of hydrogen-bond acceptors (Lipinski definition) is 3. The quantitative estimate of drug-likeness (QED) is 0.348. The van der Waals surface area contributed by atoms with Crippen LogP contribution in [0.5, 0.6) is 0 Å². The van der Waals surface area contributed by atoms with E-state index in [0.717, 1.165) is 0 Å². The molecule has 0 bridgehead atoms. The molecule has 0 rings (SSSR count). The van der Waals surface area contributed by atoms with E-state index in [1.54, 1.807) is 0 Å². The molecule has 70 valence electrons. The van der Waals surface area contributed by atoms with Crippen LogP contribution in [0, 0.1) is 0 Å². The topological polar surface area (TPSA) is 101 Å². The fourth-order valence-electron chi connectivity index (χ4n) is 0.837. The zero-order chi connectivity index (χ0) is 9.78. The van der Waals surface area contributed by atoms with Gasteiger partial charge in [0, 0.05) is 0 Å². The van der Waals surface area contributed by atoms with E-state index >= 15 is 0 Å². The molecule has 6 N–H and O–H groups in total. The van der Waals surface area contributed by atoms with Gasteiger partial charge in [-0.05, 0) is 18.6 Å². The van der Waals surface area contributed by atoms with Crippen molar-refractivity contribution in [3.05, 3.63) is 0 Å². The van der Waals surface area contributed by atoms with Crippen molar-refractivity contribution >= 4 is 23.3 Å². The molecule has 0 aromatic carbocycles. The largest absolute Gasteiger partial charge is 0.478 e. The van der Waals surface area contributed by atoms with Crippen LogP contribution in [0.2, 0.25) is 0 Å². The number of aliphatic carboxylic acids is 1. The summed E-state index contributed by atoms with van der Waals surface area (Å²) in [5.41, 5.74) is 9.07. The van der Waals surface area contributed by atoms with Crippen molar-refractivity contribution in [3.8, 4) is 0 Å². The molecule has 0 aromatic heterocycles. The minimum Gasteiger partial charge on any atom is -0.478 e. The minimum absolute atomic E-state index is 0.103. The van der Waals surface area contributed by atoms with Crippen molar-refractivity contribution in [1.82, 2.24) is 5.32 Å². The monoisotopic (exact) mass is 191 g/mol. The van der Waals surface area contributed by atoms with E-state index in [2.05, 4.69) is 17.5 Å². The lowest BCUT2D eigenvalue weighted by Gasteiger charge is -2.25. The van der Waals surface area contributed by atoms with Crippen LogP contribution in [0.3, 0.4) is 0 Å². The average molecular weight is 191 g/mol. The number of nitrogens with one attached hydrogen (secondary N) is 1. The molecular formula is C6H13N3O2S. The number of thiocarbonyl (C=S) groups is 1. The highest BCUT2D eigenvalue weighted by atomic mass is 32.1. The average Bonchev–Trinajstić information content (AvgIpc) is 1.85. The van der Waals surface area contributed by atoms with Gasteiger partial charge in [-0.25, -0.2) is 4.79 Å². The second-order valence-electron chi connectivity index (χ2n) is 2.52. The first-order valence-corrected chi connectivity index (χ1v) is 3.93. The van der Waals surface area contributed by atoms with Gasteiger partial charge >= 0.3 is 5.97 Å². The van der Waals surface area contributed by atoms with Crippen molar-refractivity contribution in [2.45, 2.75) is 25.4 Å². The Morgan fingerprint density at radius 1 is 1.75 bits per heavy atom. The molecular weight excluding hydrogens is 178 g/mol. The molecule has 0 saturated heterocycles. The summed E-state index contributed by atoms with van der Waals surface area (Å²) in [6.45, 7) is 1.83. The van der Waals surface area contributed by atoms with Gasteiger partial charge in [-0.15, -0.1) is 0 Å². The standard InChI is InChI=1S/C6H13N3O2S/c1-2-3-6(8,4(10)11)9-5(7)12/h2-3,8H2,1H3,(H,10,11)(H3,7,9,12)/t6-/m1/s1. The highest BCUT2D eigenvalue weighted by Crippen LogP contribution is 2.05. The van der Waals surface area contributed by atoms with E-state index in [4.69, 9.17) is 16.6 Å². The van der Waals surface area contributed by atoms with Crippen molar-refractivity contribution in [2.75, 3.05) is 0 Å². The molecule has 0 aliphatic carbocycles. The van der Waals surface area contributed by atoms with Crippen molar-refractivity contribution in [3.63, 3.8) is 0 Å². The van der Waals surface area contributed by atoms with Crippen LogP contribution in [0.25, 0.3) is 0 Å². The summed E-state index contributed by atoms with van der Waals surface area (Å²) in [4.78, 5) is 10.6. The first-order chi connectivity index (χ1) is 5.42. The lowest BCUT2D eigenvalue weighted by Crippen LogP contribution is -2.62. The van der Waals surface area contributed by atoms with Gasteiger partial charge in [-0.3, -0.25) is 5.73 Å². The van der Waals surface area contributed by atoms with E-state index < -0.39 is 11.6 Å². The molecule has 0 radical (unpaired) electrons. The molecule has 0 aliphatic heterocycles. The normalized spacial score (nSPS) is 14.8. The molecule has 0 aliphatic rings. The fraction of sp³-hybridized carbons (Fsp3) is 0.667. The van der Waals surface area contributed by atoms with Gasteiger partial charge in [0.25, 0.3) is 0 Å². The molecule has 5 nitrogen and oxygen atoms in total. The molecule has 6 heteroatoms. The van der Waals surface area contributed by atoms with Crippen molar-refractivity contribution < 1.29 is 9.90 Å². The zero-order valence-corrected chi connectivity index (χ0v) is 7.65. The van der Waals surface area contributed by atoms with Crippen LogP contribution in [-0.2, 0) is 4.79 Å². The van der Waals surface area contributed by atoms with Crippen LogP contribution < -0.4 is 16.8 Å². The van der Waals surface area contributed by atoms with Crippen molar-refractivity contribution in [2.24, 2.45) is 11.5 Å². The Hall–Kier alpha value is -0.880. The number of carbonyl (C=O) groups is 1. The predicted octanol–water partition coefficient (Wildman–Crippen LogP) is -0.641. The first kappa shape index (κ1) is 11.1. The summed E-state index contributed by atoms with van der Waals surface area (Å²) in [7, 11) is 0. The van der Waals surface area contributed by atoms with E-state index in [1.807, 2.05) is 6.92 Å². The van der Waals surface area contributed by atoms with Gasteiger partial charge in [0.1, 0.15) is 0 Å². The summed E-state index contributed by atoms with van der Waals surface area (Å²) in [5, 5.41) is 11.0. The number of nitrogens with two attached hydrogens (primary N) is 2. The Morgan fingerprint density at radius 3 is 2.50 bits per heavy atom. The Labute approximate surface area is 76.1 Å². The maximum absolute atomic E-state index is 10.6. The molecule has 1 atom stereocenters. The van der Waals surface area contributed by atoms with Gasteiger partial charge in [-0.2, -0.15) is 0 Å². The number of carboxylic acid groups (broad SMARTS) is 1. The van der Waals surface area contributed by atoms with Gasteiger partial charge in [0.2, 0.25) is 0 Å². The number of rotatable bonds is 4. The van der Waals surface area contributed by atoms with Gasteiger partial charge < -0.3 is 16.2 Å². The number of carboxylic acids is 1. The number of hydrogen-bond donors (Lipinski definition) is 4. The first-order valence-electron chi connectivity index (χ1n) is 3.52. The summed E-state index contributed by atoms with van der Waals surface area (Å²) in [6, 6.07) is 0. The smallest absolute Gasteiger partial charge is 0.344 e. The van der Waals surface area contributed by atoms with E-state index in [-0.39, 0.29) is 11.5 Å². The molecule has 0 saturated carbocycles.